The van der Waals surface area contributed by atoms with Crippen LogP contribution < -0.4 is 10.6 Å². The minimum absolute atomic E-state index is 0.0866. The van der Waals surface area contributed by atoms with E-state index in [1.807, 2.05) is 0 Å². The Labute approximate surface area is 122 Å². The first-order valence-electron chi connectivity index (χ1n) is 7.63. The first kappa shape index (κ1) is 16.4. The van der Waals surface area contributed by atoms with Gasteiger partial charge in [-0.05, 0) is 50.9 Å². The summed E-state index contributed by atoms with van der Waals surface area (Å²) >= 11 is 0. The number of urea groups is 1. The molecule has 4 nitrogen and oxygen atoms in total. The molecule has 2 amide bonds. The predicted molar refractivity (Wildman–Crippen MR) is 71.7 cm³/mol. The number of carbonyl (C=O) groups excluding carboxylic acids is 1. The first-order valence-corrected chi connectivity index (χ1v) is 7.63. The molecule has 0 bridgehead atoms. The molecular weight excluding hydrogens is 285 g/mol. The molecule has 3 N–H and O–H groups in total. The third-order valence-corrected chi connectivity index (χ3v) is 4.59. The fourth-order valence-corrected chi connectivity index (χ4v) is 3.27. The molecular formula is C14H23F3N2O2. The lowest BCUT2D eigenvalue weighted by Gasteiger charge is -2.30. The largest absolute Gasteiger partial charge is 0.393 e. The number of nitrogens with one attached hydrogen (secondary N) is 2. The predicted octanol–water partition coefficient (Wildman–Crippen LogP) is 2.57. The van der Waals surface area contributed by atoms with Crippen molar-refractivity contribution in [2.45, 2.75) is 63.3 Å². The van der Waals surface area contributed by atoms with Crippen LogP contribution in [-0.2, 0) is 0 Å². The zero-order chi connectivity index (χ0) is 15.5. The third kappa shape index (κ3) is 5.05. The Morgan fingerprint density at radius 3 is 2.29 bits per heavy atom. The lowest BCUT2D eigenvalue weighted by molar-refractivity contribution is -0.182. The van der Waals surface area contributed by atoms with Crippen molar-refractivity contribution in [1.82, 2.24) is 10.6 Å². The average Bonchev–Trinajstić information content (AvgIpc) is 2.82. The van der Waals surface area contributed by atoms with E-state index in [4.69, 9.17) is 0 Å². The second-order valence-corrected chi connectivity index (χ2v) is 6.28. The van der Waals surface area contributed by atoms with E-state index < -0.39 is 12.1 Å². The number of amides is 2. The van der Waals surface area contributed by atoms with Crippen molar-refractivity contribution in [2.24, 2.45) is 11.8 Å². The third-order valence-electron chi connectivity index (χ3n) is 4.59. The molecule has 0 aromatic carbocycles. The molecule has 2 atom stereocenters. The van der Waals surface area contributed by atoms with Gasteiger partial charge in [0.15, 0.2) is 0 Å². The molecule has 0 saturated heterocycles. The van der Waals surface area contributed by atoms with Crippen LogP contribution in [0.4, 0.5) is 18.0 Å². The maximum atomic E-state index is 12.5. The SMILES string of the molecule is O=C(NC[C@@H]1CC[C@@H](O)C1)NC1CCC(C(F)(F)F)CC1. The highest BCUT2D eigenvalue weighted by Gasteiger charge is 2.41. The second-order valence-electron chi connectivity index (χ2n) is 6.28. The van der Waals surface area contributed by atoms with Gasteiger partial charge < -0.3 is 15.7 Å². The van der Waals surface area contributed by atoms with E-state index in [0.29, 0.717) is 31.7 Å². The summed E-state index contributed by atoms with van der Waals surface area (Å²) in [7, 11) is 0. The molecule has 21 heavy (non-hydrogen) atoms. The monoisotopic (exact) mass is 308 g/mol. The van der Waals surface area contributed by atoms with Crippen molar-refractivity contribution in [3.05, 3.63) is 0 Å². The molecule has 2 aliphatic carbocycles. The number of alkyl halides is 3. The minimum atomic E-state index is -4.11. The van der Waals surface area contributed by atoms with Crippen molar-refractivity contribution < 1.29 is 23.1 Å². The number of hydrogen-bond donors (Lipinski definition) is 3. The van der Waals surface area contributed by atoms with E-state index in [9.17, 15) is 23.1 Å². The van der Waals surface area contributed by atoms with Crippen molar-refractivity contribution in [1.29, 1.82) is 0 Å². The number of aliphatic hydroxyl groups is 1. The van der Waals surface area contributed by atoms with Crippen LogP contribution in [0.3, 0.4) is 0 Å². The molecule has 0 spiro atoms. The van der Waals surface area contributed by atoms with Gasteiger partial charge in [-0.2, -0.15) is 13.2 Å². The molecule has 0 heterocycles. The summed E-state index contributed by atoms with van der Waals surface area (Å²) in [5, 5.41) is 14.9. The second kappa shape index (κ2) is 6.85. The molecule has 122 valence electrons. The van der Waals surface area contributed by atoms with Gasteiger partial charge in [0.25, 0.3) is 0 Å². The van der Waals surface area contributed by atoms with E-state index in [1.165, 1.54) is 0 Å². The lowest BCUT2D eigenvalue weighted by atomic mass is 9.86. The maximum Gasteiger partial charge on any atom is 0.391 e. The van der Waals surface area contributed by atoms with Gasteiger partial charge in [-0.25, -0.2) is 4.79 Å². The standard InChI is InChI=1S/C14H23F3N2O2/c15-14(16,17)10-2-4-11(5-3-10)19-13(21)18-8-9-1-6-12(20)7-9/h9-12,20H,1-8H2,(H2,18,19,21)/t9-,10?,11?,12-/m1/s1. The van der Waals surface area contributed by atoms with E-state index >= 15 is 0 Å². The van der Waals surface area contributed by atoms with Gasteiger partial charge >= 0.3 is 12.2 Å². The van der Waals surface area contributed by atoms with Crippen LogP contribution in [0.1, 0.15) is 44.9 Å². The van der Waals surface area contributed by atoms with Crippen molar-refractivity contribution in [3.8, 4) is 0 Å². The van der Waals surface area contributed by atoms with Gasteiger partial charge in [0, 0.05) is 12.6 Å². The summed E-state index contributed by atoms with van der Waals surface area (Å²) in [4.78, 5) is 11.7. The summed E-state index contributed by atoms with van der Waals surface area (Å²) < 4.78 is 37.6. The van der Waals surface area contributed by atoms with Crippen molar-refractivity contribution >= 4 is 6.03 Å². The summed E-state index contributed by atoms with van der Waals surface area (Å²) in [5.41, 5.74) is 0. The zero-order valence-electron chi connectivity index (χ0n) is 12.0. The summed E-state index contributed by atoms with van der Waals surface area (Å²) in [6, 6.07) is -0.482. The van der Waals surface area contributed by atoms with Gasteiger partial charge in [0.1, 0.15) is 0 Å². The Kier molecular flexibility index (Phi) is 5.35. The summed E-state index contributed by atoms with van der Waals surface area (Å²) in [6.07, 6.45) is -1.08. The number of halogens is 3. The van der Waals surface area contributed by atoms with Crippen LogP contribution in [0, 0.1) is 11.8 Å². The highest BCUT2D eigenvalue weighted by Crippen LogP contribution is 2.37. The molecule has 0 aromatic heterocycles. The fraction of sp³-hybridized carbons (Fsp3) is 0.929. The Morgan fingerprint density at radius 1 is 1.10 bits per heavy atom. The van der Waals surface area contributed by atoms with E-state index in [-0.39, 0.29) is 31.0 Å². The smallest absolute Gasteiger partial charge is 0.391 e. The van der Waals surface area contributed by atoms with Gasteiger partial charge in [-0.15, -0.1) is 0 Å². The Bertz CT molecular complexity index is 355. The number of hydrogen-bond acceptors (Lipinski definition) is 2. The van der Waals surface area contributed by atoms with Crippen LogP contribution in [-0.4, -0.2) is 36.0 Å². The maximum absolute atomic E-state index is 12.5. The molecule has 0 radical (unpaired) electrons. The molecule has 2 rings (SSSR count). The summed E-state index contributed by atoms with van der Waals surface area (Å²) in [6.45, 7) is 0.515. The normalized spacial score (nSPS) is 33.7. The van der Waals surface area contributed by atoms with Crippen molar-refractivity contribution in [2.75, 3.05) is 6.54 Å². The van der Waals surface area contributed by atoms with E-state index in [0.717, 1.165) is 12.8 Å². The molecule has 2 aliphatic rings. The molecule has 0 unspecified atom stereocenters. The quantitative estimate of drug-likeness (QED) is 0.750. The average molecular weight is 308 g/mol. The highest BCUT2D eigenvalue weighted by atomic mass is 19.4. The fourth-order valence-electron chi connectivity index (χ4n) is 3.27. The number of carbonyl (C=O) groups is 1. The van der Waals surface area contributed by atoms with E-state index in [1.54, 1.807) is 0 Å². The van der Waals surface area contributed by atoms with Gasteiger partial charge in [0.05, 0.1) is 12.0 Å². The topological polar surface area (TPSA) is 61.4 Å². The highest BCUT2D eigenvalue weighted by molar-refractivity contribution is 5.74. The molecule has 0 aromatic rings. The number of aliphatic hydroxyl groups excluding tert-OH is 1. The molecule has 7 heteroatoms. The van der Waals surface area contributed by atoms with Gasteiger partial charge in [0.2, 0.25) is 0 Å². The lowest BCUT2D eigenvalue weighted by Crippen LogP contribution is -2.45. The van der Waals surface area contributed by atoms with Crippen LogP contribution >= 0.6 is 0 Å². The molecule has 2 saturated carbocycles. The van der Waals surface area contributed by atoms with Crippen molar-refractivity contribution in [3.63, 3.8) is 0 Å². The van der Waals surface area contributed by atoms with Crippen LogP contribution in [0.5, 0.6) is 0 Å². The van der Waals surface area contributed by atoms with Gasteiger partial charge in [-0.1, -0.05) is 0 Å². The molecule has 2 fully saturated rings. The Morgan fingerprint density at radius 2 is 1.76 bits per heavy atom. The van der Waals surface area contributed by atoms with Crippen LogP contribution in [0.2, 0.25) is 0 Å². The Hall–Kier alpha value is -0.980. The van der Waals surface area contributed by atoms with Gasteiger partial charge in [-0.3, -0.25) is 0 Å². The number of rotatable bonds is 3. The van der Waals surface area contributed by atoms with E-state index in [2.05, 4.69) is 10.6 Å². The minimum Gasteiger partial charge on any atom is -0.393 e. The van der Waals surface area contributed by atoms with Crippen LogP contribution in [0.25, 0.3) is 0 Å². The molecule has 0 aliphatic heterocycles. The zero-order valence-corrected chi connectivity index (χ0v) is 12.0. The first-order chi connectivity index (χ1) is 9.84. The summed E-state index contributed by atoms with van der Waals surface area (Å²) in [5.74, 6) is -0.926. The Balaban J connectivity index is 1.63. The van der Waals surface area contributed by atoms with Crippen LogP contribution in [0.15, 0.2) is 0 Å².